The molecule has 0 fully saturated rings. The van der Waals surface area contributed by atoms with Crippen molar-refractivity contribution in [3.63, 3.8) is 0 Å². The van der Waals surface area contributed by atoms with Crippen molar-refractivity contribution in [1.82, 2.24) is 9.97 Å². The fourth-order valence-corrected chi connectivity index (χ4v) is 4.86. The lowest BCUT2D eigenvalue weighted by Gasteiger charge is -2.27. The van der Waals surface area contributed by atoms with E-state index in [-0.39, 0.29) is 34.3 Å². The van der Waals surface area contributed by atoms with E-state index in [9.17, 15) is 17.9 Å². The maximum absolute atomic E-state index is 14.5. The minimum Gasteiger partial charge on any atom is -0.755 e. The molecule has 0 saturated carbocycles. The second-order valence-electron chi connectivity index (χ2n) is 8.94. The molecule has 43 heavy (non-hydrogen) atoms. The molecule has 11 nitrogen and oxygen atoms in total. The van der Waals surface area contributed by atoms with Crippen molar-refractivity contribution in [2.24, 2.45) is 0 Å². The monoisotopic (exact) mass is 602 g/mol. The van der Waals surface area contributed by atoms with Crippen molar-refractivity contribution in [3.8, 4) is 17.2 Å². The van der Waals surface area contributed by atoms with Crippen molar-refractivity contribution in [3.05, 3.63) is 96.3 Å². The first kappa shape index (κ1) is 29.2. The van der Waals surface area contributed by atoms with Crippen LogP contribution in [0.15, 0.2) is 84.9 Å². The maximum Gasteiger partial charge on any atom is 0.262 e. The topological polar surface area (TPSA) is 138 Å². The summed E-state index contributed by atoms with van der Waals surface area (Å²) in [4.78, 5) is 22.3. The third-order valence-electron chi connectivity index (χ3n) is 6.27. The van der Waals surface area contributed by atoms with Crippen molar-refractivity contribution < 1.29 is 32.2 Å². The summed E-state index contributed by atoms with van der Waals surface area (Å²) in [5, 5.41) is 5.74. The van der Waals surface area contributed by atoms with E-state index < -0.39 is 23.0 Å². The number of nitrogens with zero attached hydrogens (tertiary/aromatic N) is 3. The Hall–Kier alpha value is -5.27. The van der Waals surface area contributed by atoms with Gasteiger partial charge in [0.2, 0.25) is 0 Å². The van der Waals surface area contributed by atoms with Crippen LogP contribution in [0, 0.1) is 5.82 Å². The molecule has 13 heteroatoms. The number of carbonyl (C=O) groups excluding carboxylic acids is 1. The molecule has 1 unspecified atom stereocenters. The van der Waals surface area contributed by atoms with Crippen LogP contribution in [0.5, 0.6) is 17.2 Å². The number of hydrogen-bond acceptors (Lipinski definition) is 9. The Kier molecular flexibility index (Phi) is 8.64. The Bertz CT molecular complexity index is 1820. The molecule has 4 aromatic carbocycles. The van der Waals surface area contributed by atoms with Crippen LogP contribution < -0.4 is 29.1 Å². The van der Waals surface area contributed by atoms with Crippen molar-refractivity contribution in [2.45, 2.75) is 0 Å². The minimum atomic E-state index is -2.90. The normalized spacial score (nSPS) is 11.5. The van der Waals surface area contributed by atoms with E-state index in [0.717, 1.165) is 10.4 Å². The van der Waals surface area contributed by atoms with Crippen LogP contribution in [-0.2, 0) is 11.3 Å². The van der Waals surface area contributed by atoms with E-state index in [1.165, 1.54) is 57.7 Å². The van der Waals surface area contributed by atoms with Gasteiger partial charge in [-0.25, -0.2) is 14.4 Å². The number of aromatic nitrogens is 2. The van der Waals surface area contributed by atoms with Gasteiger partial charge in [0.05, 0.1) is 49.3 Å². The molecule has 0 bridgehead atoms. The zero-order valence-electron chi connectivity index (χ0n) is 23.2. The van der Waals surface area contributed by atoms with Crippen molar-refractivity contribution in [2.75, 3.05) is 36.3 Å². The summed E-state index contributed by atoms with van der Waals surface area (Å²) in [5.41, 5.74) is 1.49. The van der Waals surface area contributed by atoms with Gasteiger partial charge in [0, 0.05) is 29.6 Å². The second kappa shape index (κ2) is 12.7. The number of rotatable bonds is 10. The summed E-state index contributed by atoms with van der Waals surface area (Å²) in [5.74, 6) is -0.440. The number of nitrogens with one attached hydrogen (secondary N) is 2. The number of methoxy groups -OCH3 is 3. The van der Waals surface area contributed by atoms with Crippen molar-refractivity contribution >= 4 is 56.9 Å². The molecule has 0 aliphatic carbocycles. The first-order chi connectivity index (χ1) is 20.8. The Balaban J connectivity index is 1.57. The lowest BCUT2D eigenvalue weighted by molar-refractivity contribution is 0.102. The maximum atomic E-state index is 14.5. The summed E-state index contributed by atoms with van der Waals surface area (Å²) >= 11 is -2.90. The molecular weight excluding hydrogens is 577 g/mol. The number of benzene rings is 4. The van der Waals surface area contributed by atoms with Gasteiger partial charge < -0.3 is 29.4 Å². The summed E-state index contributed by atoms with van der Waals surface area (Å²) < 4.78 is 56.8. The lowest BCUT2D eigenvalue weighted by atomic mass is 10.1. The van der Waals surface area contributed by atoms with Gasteiger partial charge in [-0.3, -0.25) is 13.3 Å². The Morgan fingerprint density at radius 1 is 0.837 bits per heavy atom. The number of para-hydroxylation sites is 2. The largest absolute Gasteiger partial charge is 0.755 e. The van der Waals surface area contributed by atoms with Crippen molar-refractivity contribution in [1.29, 1.82) is 0 Å². The molecule has 0 radical (unpaired) electrons. The number of ether oxygens (including phenoxy) is 3. The minimum absolute atomic E-state index is 0.0481. The van der Waals surface area contributed by atoms with E-state index in [0.29, 0.717) is 28.2 Å². The van der Waals surface area contributed by atoms with E-state index in [4.69, 9.17) is 14.2 Å². The highest BCUT2D eigenvalue weighted by Gasteiger charge is 2.22. The summed E-state index contributed by atoms with van der Waals surface area (Å²) in [6.45, 7) is 0. The standard InChI is InChI=1S/C30H26FN5O6S/c1-40-21-15-19(16-22(17-21)41-2)32-28-29(35-25-12-5-4-11-24(25)34-28)36(43(38)39)20-9-6-8-18(14-20)33-30(37)27-23(31)10-7-13-26(27)42-3/h4-17H,1-3H3,(H,32,34)(H,33,37)(H,38,39)/p-1. The third-order valence-corrected chi connectivity index (χ3v) is 6.95. The van der Waals surface area contributed by atoms with Crippen LogP contribution in [0.4, 0.5) is 33.1 Å². The molecule has 0 saturated heterocycles. The summed E-state index contributed by atoms with van der Waals surface area (Å²) in [6.07, 6.45) is 0. The SMILES string of the molecule is COc1cc(Nc2nc3ccccc3nc2N(c2cccc(NC(=O)c3c(F)cccc3OC)c2)S(=O)[O-])cc(OC)c1. The van der Waals surface area contributed by atoms with Gasteiger partial charge in [0.1, 0.15) is 28.6 Å². The molecule has 1 amide bonds. The Morgan fingerprint density at radius 2 is 1.51 bits per heavy atom. The van der Waals surface area contributed by atoms with Gasteiger partial charge in [-0.2, -0.15) is 0 Å². The van der Waals surface area contributed by atoms with Crippen LogP contribution >= 0.6 is 0 Å². The van der Waals surface area contributed by atoms with Gasteiger partial charge in [-0.05, 0) is 42.5 Å². The Labute approximate surface area is 248 Å². The average Bonchev–Trinajstić information content (AvgIpc) is 3.00. The third kappa shape index (κ3) is 6.32. The first-order valence-corrected chi connectivity index (χ1v) is 13.7. The zero-order valence-corrected chi connectivity index (χ0v) is 24.0. The van der Waals surface area contributed by atoms with Crippen LogP contribution in [-0.4, -0.2) is 46.0 Å². The number of anilines is 5. The fraction of sp³-hybridized carbons (Fsp3) is 0.100. The van der Waals surface area contributed by atoms with Gasteiger partial charge in [0.15, 0.2) is 11.6 Å². The zero-order chi connectivity index (χ0) is 30.5. The average molecular weight is 603 g/mol. The summed E-state index contributed by atoms with van der Waals surface area (Å²) in [6, 6.07) is 22.1. The van der Waals surface area contributed by atoms with Gasteiger partial charge in [-0.15, -0.1) is 0 Å². The van der Waals surface area contributed by atoms with Gasteiger partial charge in [-0.1, -0.05) is 24.3 Å². The highest BCUT2D eigenvalue weighted by molar-refractivity contribution is 7.81. The predicted molar refractivity (Wildman–Crippen MR) is 161 cm³/mol. The smallest absolute Gasteiger partial charge is 0.262 e. The molecule has 1 aromatic heterocycles. The van der Waals surface area contributed by atoms with E-state index in [2.05, 4.69) is 20.6 Å². The molecule has 2 N–H and O–H groups in total. The van der Waals surface area contributed by atoms with Crippen LogP contribution in [0.25, 0.3) is 11.0 Å². The number of amides is 1. The molecule has 0 aliphatic rings. The molecular formula is C30H25FN5O6S-. The number of halogens is 1. The number of hydrogen-bond donors (Lipinski definition) is 2. The molecule has 0 spiro atoms. The van der Waals surface area contributed by atoms with E-state index in [1.54, 1.807) is 42.5 Å². The van der Waals surface area contributed by atoms with Crippen LogP contribution in [0.2, 0.25) is 0 Å². The molecule has 220 valence electrons. The molecule has 1 atom stereocenters. The number of carbonyl (C=O) groups is 1. The Morgan fingerprint density at radius 3 is 2.16 bits per heavy atom. The lowest BCUT2D eigenvalue weighted by Crippen LogP contribution is -2.23. The molecule has 5 aromatic rings. The number of fused-ring (bicyclic) bond motifs is 1. The highest BCUT2D eigenvalue weighted by atomic mass is 32.2. The first-order valence-electron chi connectivity index (χ1n) is 12.7. The van der Waals surface area contributed by atoms with Crippen LogP contribution in [0.1, 0.15) is 10.4 Å². The highest BCUT2D eigenvalue weighted by Crippen LogP contribution is 2.36. The fourth-order valence-electron chi connectivity index (χ4n) is 4.31. The quantitative estimate of drug-likeness (QED) is 0.192. The van der Waals surface area contributed by atoms with Crippen LogP contribution in [0.3, 0.4) is 0 Å². The summed E-state index contributed by atoms with van der Waals surface area (Å²) in [7, 11) is 4.34. The van der Waals surface area contributed by atoms with Gasteiger partial charge in [0.25, 0.3) is 5.91 Å². The predicted octanol–water partition coefficient (Wildman–Crippen LogP) is 5.72. The molecule has 1 heterocycles. The molecule has 0 aliphatic heterocycles. The molecule has 5 rings (SSSR count). The van der Waals surface area contributed by atoms with E-state index >= 15 is 0 Å². The van der Waals surface area contributed by atoms with Gasteiger partial charge >= 0.3 is 0 Å². The van der Waals surface area contributed by atoms with E-state index in [1.807, 2.05) is 0 Å². The second-order valence-corrected chi connectivity index (χ2v) is 9.74.